The molecule has 3 heterocycles. The summed E-state index contributed by atoms with van der Waals surface area (Å²) in [6.45, 7) is 3.84. The van der Waals surface area contributed by atoms with E-state index in [9.17, 15) is 4.79 Å². The van der Waals surface area contributed by atoms with Crippen LogP contribution in [0.3, 0.4) is 0 Å². The van der Waals surface area contributed by atoms with Crippen LogP contribution >= 0.6 is 11.6 Å². The van der Waals surface area contributed by atoms with Gasteiger partial charge in [0.25, 0.3) is 5.91 Å². The maximum atomic E-state index is 13.1. The third-order valence-electron chi connectivity index (χ3n) is 5.63. The maximum Gasteiger partial charge on any atom is 0.256 e. The van der Waals surface area contributed by atoms with Gasteiger partial charge in [-0.25, -0.2) is 4.98 Å². The van der Waals surface area contributed by atoms with Crippen molar-refractivity contribution in [2.45, 2.75) is 32.2 Å². The highest BCUT2D eigenvalue weighted by Crippen LogP contribution is 2.32. The van der Waals surface area contributed by atoms with E-state index < -0.39 is 0 Å². The summed E-state index contributed by atoms with van der Waals surface area (Å²) in [7, 11) is 1.82. The van der Waals surface area contributed by atoms with Gasteiger partial charge in [0.05, 0.1) is 21.7 Å². The molecule has 1 amide bonds. The largest absolute Gasteiger partial charge is 0.339 e. The molecule has 0 spiro atoms. The van der Waals surface area contributed by atoms with Crippen LogP contribution in [0, 0.1) is 6.92 Å². The molecule has 28 heavy (non-hydrogen) atoms. The number of halogens is 1. The molecule has 1 saturated heterocycles. The van der Waals surface area contributed by atoms with Crippen LogP contribution in [0.25, 0.3) is 11.0 Å². The van der Waals surface area contributed by atoms with Crippen molar-refractivity contribution in [3.63, 3.8) is 0 Å². The summed E-state index contributed by atoms with van der Waals surface area (Å²) in [6.07, 6.45) is 3.43. The molecule has 1 fully saturated rings. The van der Waals surface area contributed by atoms with Crippen LogP contribution in [-0.4, -0.2) is 38.7 Å². The molecule has 2 N–H and O–H groups in total. The molecule has 1 aliphatic rings. The van der Waals surface area contributed by atoms with Gasteiger partial charge in [-0.2, -0.15) is 5.10 Å². The van der Waals surface area contributed by atoms with Gasteiger partial charge in [0.2, 0.25) is 0 Å². The van der Waals surface area contributed by atoms with Crippen molar-refractivity contribution < 1.29 is 4.79 Å². The highest BCUT2D eigenvalue weighted by Gasteiger charge is 2.27. The summed E-state index contributed by atoms with van der Waals surface area (Å²) in [5.74, 6) is 0.393. The number of nitrogens with two attached hydrogens (primary N) is 1. The number of aromatic nitrogens is 3. The van der Waals surface area contributed by atoms with E-state index in [2.05, 4.69) is 28.3 Å². The van der Waals surface area contributed by atoms with Gasteiger partial charge in [0.1, 0.15) is 0 Å². The average molecular weight is 398 g/mol. The van der Waals surface area contributed by atoms with E-state index >= 15 is 0 Å². The van der Waals surface area contributed by atoms with Crippen molar-refractivity contribution in [1.82, 2.24) is 19.7 Å². The summed E-state index contributed by atoms with van der Waals surface area (Å²) in [5.41, 5.74) is 10.1. The Morgan fingerprint density at radius 3 is 2.79 bits per heavy atom. The predicted molar refractivity (Wildman–Crippen MR) is 110 cm³/mol. The second-order valence-electron chi connectivity index (χ2n) is 7.41. The SMILES string of the molecule is Cc1nn(C)c2ncc(C(=O)N3CCC(c4cccc(CN)c4)CC3)c(Cl)c12. The van der Waals surface area contributed by atoms with E-state index in [1.807, 2.05) is 24.9 Å². The molecular weight excluding hydrogens is 374 g/mol. The van der Waals surface area contributed by atoms with Crippen LogP contribution in [0.5, 0.6) is 0 Å². The smallest absolute Gasteiger partial charge is 0.256 e. The fourth-order valence-corrected chi connectivity index (χ4v) is 4.43. The molecule has 1 aromatic carbocycles. The minimum atomic E-state index is -0.0585. The number of rotatable bonds is 3. The van der Waals surface area contributed by atoms with Gasteiger partial charge < -0.3 is 10.6 Å². The van der Waals surface area contributed by atoms with Crippen molar-refractivity contribution in [3.8, 4) is 0 Å². The normalized spacial score (nSPS) is 15.4. The number of benzene rings is 1. The van der Waals surface area contributed by atoms with Crippen molar-refractivity contribution in [1.29, 1.82) is 0 Å². The Labute approximate surface area is 169 Å². The molecule has 2 aromatic heterocycles. The van der Waals surface area contributed by atoms with Crippen molar-refractivity contribution in [2.75, 3.05) is 13.1 Å². The molecule has 0 bridgehead atoms. The maximum absolute atomic E-state index is 13.1. The lowest BCUT2D eigenvalue weighted by Gasteiger charge is -2.32. The summed E-state index contributed by atoms with van der Waals surface area (Å²) < 4.78 is 1.69. The van der Waals surface area contributed by atoms with Crippen LogP contribution in [0.4, 0.5) is 0 Å². The molecule has 0 aliphatic carbocycles. The number of pyridine rings is 1. The van der Waals surface area contributed by atoms with Gasteiger partial charge in [-0.15, -0.1) is 0 Å². The summed E-state index contributed by atoms with van der Waals surface area (Å²) >= 11 is 6.58. The van der Waals surface area contributed by atoms with Gasteiger partial charge in [0, 0.05) is 32.9 Å². The van der Waals surface area contributed by atoms with E-state index in [4.69, 9.17) is 17.3 Å². The second-order valence-corrected chi connectivity index (χ2v) is 7.79. The summed E-state index contributed by atoms with van der Waals surface area (Å²) in [5, 5.41) is 5.55. The fourth-order valence-electron chi connectivity index (χ4n) is 4.08. The Kier molecular flexibility index (Phi) is 5.08. The van der Waals surface area contributed by atoms with Crippen molar-refractivity contribution in [2.24, 2.45) is 12.8 Å². The average Bonchev–Trinajstić information content (AvgIpc) is 3.02. The van der Waals surface area contributed by atoms with Crippen LogP contribution in [0.1, 0.15) is 45.9 Å². The second kappa shape index (κ2) is 7.53. The third kappa shape index (κ3) is 3.27. The number of aryl methyl sites for hydroxylation is 2. The molecule has 1 aliphatic heterocycles. The monoisotopic (exact) mass is 397 g/mol. The molecule has 7 heteroatoms. The van der Waals surface area contributed by atoms with Crippen LogP contribution in [0.15, 0.2) is 30.5 Å². The summed E-state index contributed by atoms with van der Waals surface area (Å²) in [6, 6.07) is 8.45. The van der Waals surface area contributed by atoms with Crippen LogP contribution < -0.4 is 5.73 Å². The van der Waals surface area contributed by atoms with Crippen LogP contribution in [-0.2, 0) is 13.6 Å². The molecule has 3 aromatic rings. The number of amides is 1. The first kappa shape index (κ1) is 18.9. The van der Waals surface area contributed by atoms with E-state index in [0.29, 0.717) is 41.8 Å². The molecule has 4 rings (SSSR count). The molecule has 0 saturated carbocycles. The zero-order valence-corrected chi connectivity index (χ0v) is 16.9. The number of carbonyl (C=O) groups is 1. The highest BCUT2D eigenvalue weighted by molar-refractivity contribution is 6.38. The Morgan fingerprint density at radius 1 is 1.32 bits per heavy atom. The standard InChI is InChI=1S/C21H24ClN5O/c1-13-18-19(22)17(12-24-20(18)26(2)25-13)21(28)27-8-6-15(7-9-27)16-5-3-4-14(10-16)11-23/h3-5,10,12,15H,6-9,11,23H2,1-2H3. The first-order valence-electron chi connectivity index (χ1n) is 9.55. The number of likely N-dealkylation sites (tertiary alicyclic amines) is 1. The zero-order valence-electron chi connectivity index (χ0n) is 16.2. The first-order valence-corrected chi connectivity index (χ1v) is 9.93. The lowest BCUT2D eigenvalue weighted by Crippen LogP contribution is -2.38. The predicted octanol–water partition coefficient (Wildman–Crippen LogP) is 3.41. The number of hydrogen-bond donors (Lipinski definition) is 1. The van der Waals surface area contributed by atoms with Gasteiger partial charge in [0.15, 0.2) is 5.65 Å². The van der Waals surface area contributed by atoms with Gasteiger partial charge in [-0.1, -0.05) is 35.9 Å². The molecule has 6 nitrogen and oxygen atoms in total. The van der Waals surface area contributed by atoms with Crippen molar-refractivity contribution >= 4 is 28.5 Å². The van der Waals surface area contributed by atoms with Gasteiger partial charge in [-0.3, -0.25) is 9.48 Å². The van der Waals surface area contributed by atoms with Gasteiger partial charge >= 0.3 is 0 Å². The third-order valence-corrected chi connectivity index (χ3v) is 6.03. The van der Waals surface area contributed by atoms with Crippen LogP contribution in [0.2, 0.25) is 5.02 Å². The van der Waals surface area contributed by atoms with E-state index in [1.54, 1.807) is 10.9 Å². The van der Waals surface area contributed by atoms with E-state index in [0.717, 1.165) is 29.5 Å². The Morgan fingerprint density at radius 2 is 2.07 bits per heavy atom. The Bertz CT molecular complexity index is 1040. The Hall–Kier alpha value is -2.44. The lowest BCUT2D eigenvalue weighted by atomic mass is 9.88. The van der Waals surface area contributed by atoms with E-state index in [1.165, 1.54) is 5.56 Å². The topological polar surface area (TPSA) is 77.0 Å². The van der Waals surface area contributed by atoms with Gasteiger partial charge in [-0.05, 0) is 36.8 Å². The lowest BCUT2D eigenvalue weighted by molar-refractivity contribution is 0.0713. The quantitative estimate of drug-likeness (QED) is 0.734. The summed E-state index contributed by atoms with van der Waals surface area (Å²) in [4.78, 5) is 19.4. The Balaban J connectivity index is 1.52. The molecule has 0 unspecified atom stereocenters. The highest BCUT2D eigenvalue weighted by atomic mass is 35.5. The molecular formula is C21H24ClN5O. The minimum Gasteiger partial charge on any atom is -0.339 e. The van der Waals surface area contributed by atoms with Crippen molar-refractivity contribution in [3.05, 3.63) is 57.9 Å². The number of hydrogen-bond acceptors (Lipinski definition) is 4. The molecule has 0 radical (unpaired) electrons. The minimum absolute atomic E-state index is 0.0585. The molecule has 0 atom stereocenters. The fraction of sp³-hybridized carbons (Fsp3) is 0.381. The zero-order chi connectivity index (χ0) is 19.8. The number of fused-ring (bicyclic) bond motifs is 1. The first-order chi connectivity index (χ1) is 13.5. The number of carbonyl (C=O) groups excluding carboxylic acids is 1. The molecule has 146 valence electrons. The number of piperidine rings is 1. The van der Waals surface area contributed by atoms with E-state index in [-0.39, 0.29) is 5.91 Å². The number of nitrogens with zero attached hydrogens (tertiary/aromatic N) is 4.